The van der Waals surface area contributed by atoms with Crippen LogP contribution in [-0.2, 0) is 53.4 Å². The van der Waals surface area contributed by atoms with Gasteiger partial charge in [-0.3, -0.25) is 13.6 Å². The summed E-state index contributed by atoms with van der Waals surface area (Å²) in [4.78, 5) is 55.1. The lowest BCUT2D eigenvalue weighted by Crippen LogP contribution is -2.19. The highest BCUT2D eigenvalue weighted by Gasteiger charge is 2.29. The van der Waals surface area contributed by atoms with Gasteiger partial charge in [-0.2, -0.15) is 0 Å². The van der Waals surface area contributed by atoms with Crippen molar-refractivity contribution >= 4 is 48.8 Å². The normalized spacial score (nSPS) is 15.4. The summed E-state index contributed by atoms with van der Waals surface area (Å²) >= 11 is 0. The lowest BCUT2D eigenvalue weighted by molar-refractivity contribution is -0.134. The van der Waals surface area contributed by atoms with Crippen LogP contribution in [0.4, 0.5) is 15.4 Å². The average Bonchev–Trinajstić information content (AvgIpc) is 3.79. The molecule has 19 nitrogen and oxygen atoms in total. The molecule has 0 atom stereocenters. The number of ether oxygens (including phenoxy) is 5. The number of hydrogen-bond donors (Lipinski definition) is 3. The summed E-state index contributed by atoms with van der Waals surface area (Å²) in [5, 5.41) is 15.6. The number of carbonyl (C=O) groups excluding carboxylic acids is 2. The topological polar surface area (TPSA) is 260 Å². The van der Waals surface area contributed by atoms with Gasteiger partial charge in [0.05, 0.1) is 12.9 Å². The predicted molar refractivity (Wildman–Crippen MR) is 154 cm³/mol. The molecule has 0 bridgehead atoms. The molecule has 4 rings (SSSR count). The zero-order chi connectivity index (χ0) is 33.4. The van der Waals surface area contributed by atoms with Gasteiger partial charge in [-0.05, 0) is 51.4 Å². The fraction of sp³-hybridized carbons (Fsp3) is 0.577. The van der Waals surface area contributed by atoms with Crippen LogP contribution in [-0.4, -0.2) is 92.7 Å². The Morgan fingerprint density at radius 1 is 0.870 bits per heavy atom. The molecule has 2 aromatic heterocycles. The number of aromatic nitrogens is 4. The Labute approximate surface area is 262 Å². The Morgan fingerprint density at radius 2 is 1.39 bits per heavy atom. The van der Waals surface area contributed by atoms with E-state index >= 15 is 0 Å². The highest BCUT2D eigenvalue weighted by atomic mass is 31.2. The van der Waals surface area contributed by atoms with Gasteiger partial charge in [-0.25, -0.2) is 34.1 Å². The molecule has 0 saturated heterocycles. The SMILES string of the molecule is Nc1ncnc2c1ncn2CCOCP(=O)(OCOC(=O)OC1CCCC1)OCOC(=O)OC1CCCC1.O=C(O)/C=C/C(=O)O. The molecule has 0 aliphatic heterocycles. The molecule has 2 saturated carbocycles. The van der Waals surface area contributed by atoms with Crippen molar-refractivity contribution in [2.24, 2.45) is 0 Å². The molecule has 2 heterocycles. The van der Waals surface area contributed by atoms with E-state index in [0.717, 1.165) is 51.4 Å². The maximum atomic E-state index is 13.2. The summed E-state index contributed by atoms with van der Waals surface area (Å²) in [6.07, 6.45) is 8.17. The zero-order valence-corrected chi connectivity index (χ0v) is 25.7. The van der Waals surface area contributed by atoms with Crippen molar-refractivity contribution in [1.82, 2.24) is 19.5 Å². The number of carbonyl (C=O) groups is 4. The van der Waals surface area contributed by atoms with E-state index in [2.05, 4.69) is 15.0 Å². The van der Waals surface area contributed by atoms with E-state index in [1.807, 2.05) is 0 Å². The van der Waals surface area contributed by atoms with Gasteiger partial charge in [0, 0.05) is 18.7 Å². The minimum absolute atomic E-state index is 0.0707. The maximum absolute atomic E-state index is 13.2. The fourth-order valence-electron chi connectivity index (χ4n) is 4.32. The monoisotopic (exact) mass is 673 g/mol. The van der Waals surface area contributed by atoms with Gasteiger partial charge in [0.2, 0.25) is 13.6 Å². The summed E-state index contributed by atoms with van der Waals surface area (Å²) < 4.78 is 50.9. The highest BCUT2D eigenvalue weighted by molar-refractivity contribution is 7.53. The van der Waals surface area contributed by atoms with E-state index in [4.69, 9.17) is 48.7 Å². The van der Waals surface area contributed by atoms with Crippen LogP contribution in [0, 0.1) is 0 Å². The molecule has 0 amide bonds. The molecule has 254 valence electrons. The molecule has 0 aromatic carbocycles. The number of carboxylic acids is 2. The largest absolute Gasteiger partial charge is 0.510 e. The van der Waals surface area contributed by atoms with Crippen LogP contribution in [0.3, 0.4) is 0 Å². The van der Waals surface area contributed by atoms with Gasteiger partial charge in [-0.1, -0.05) is 0 Å². The van der Waals surface area contributed by atoms with Crippen LogP contribution in [0.5, 0.6) is 0 Å². The van der Waals surface area contributed by atoms with E-state index in [1.54, 1.807) is 4.57 Å². The summed E-state index contributed by atoms with van der Waals surface area (Å²) in [7, 11) is -4.02. The minimum Gasteiger partial charge on any atom is -0.478 e. The van der Waals surface area contributed by atoms with Crippen LogP contribution in [0.25, 0.3) is 11.2 Å². The van der Waals surface area contributed by atoms with Gasteiger partial charge in [-0.15, -0.1) is 0 Å². The van der Waals surface area contributed by atoms with Gasteiger partial charge in [0.15, 0.2) is 11.5 Å². The number of hydrogen-bond acceptors (Lipinski definition) is 16. The molecule has 2 aromatic rings. The number of rotatable bonds is 15. The molecular weight excluding hydrogens is 637 g/mol. The third-order valence-corrected chi connectivity index (χ3v) is 8.00. The number of anilines is 1. The first kappa shape index (κ1) is 36.2. The second-order valence-corrected chi connectivity index (χ2v) is 11.9. The summed E-state index contributed by atoms with van der Waals surface area (Å²) in [6.45, 7) is -1.05. The molecule has 0 radical (unpaired) electrons. The lowest BCUT2D eigenvalue weighted by Gasteiger charge is -2.19. The molecule has 46 heavy (non-hydrogen) atoms. The first-order valence-electron chi connectivity index (χ1n) is 14.2. The zero-order valence-electron chi connectivity index (χ0n) is 24.8. The number of aliphatic carboxylic acids is 2. The Balaban J connectivity index is 0.000000637. The second kappa shape index (κ2) is 18.6. The standard InChI is InChI=1S/C22H32N5O10P.C4H4O4/c23-19-18-20(25-11-24-19)27(12-26-18)9-10-31-15-38(30,34-13-32-21(28)36-16-5-1-2-6-16)35-14-33-22(29)37-17-7-3-4-8-17;5-3(6)1-2-4(7)8/h11-12,16-17H,1-10,13-15H2,(H2,23,24,25);1-2H,(H,5,6)(H,7,8)/b;2-1+. The van der Waals surface area contributed by atoms with Gasteiger partial charge in [0.1, 0.15) is 30.4 Å². The predicted octanol–water partition coefficient (Wildman–Crippen LogP) is 3.43. The van der Waals surface area contributed by atoms with Crippen LogP contribution in [0.15, 0.2) is 24.8 Å². The van der Waals surface area contributed by atoms with E-state index in [9.17, 15) is 23.7 Å². The van der Waals surface area contributed by atoms with Crippen molar-refractivity contribution < 1.29 is 66.7 Å². The Kier molecular flexibility index (Phi) is 14.6. The third kappa shape index (κ3) is 13.0. The molecule has 2 aliphatic carbocycles. The molecule has 2 fully saturated rings. The molecule has 0 spiro atoms. The third-order valence-electron chi connectivity index (χ3n) is 6.51. The molecule has 0 unspecified atom stereocenters. The number of nitrogens with two attached hydrogens (primary N) is 1. The van der Waals surface area contributed by atoms with Crippen molar-refractivity contribution in [2.45, 2.75) is 70.1 Å². The van der Waals surface area contributed by atoms with E-state index in [-0.39, 0.29) is 24.6 Å². The summed E-state index contributed by atoms with van der Waals surface area (Å²) in [5.74, 6) is -2.27. The minimum atomic E-state index is -4.02. The molecule has 20 heteroatoms. The molecule has 2 aliphatic rings. The Hall–Kier alpha value is -4.32. The Morgan fingerprint density at radius 3 is 1.89 bits per heavy atom. The van der Waals surface area contributed by atoms with Crippen molar-refractivity contribution in [3.63, 3.8) is 0 Å². The van der Waals surface area contributed by atoms with Gasteiger partial charge >= 0.3 is 31.8 Å². The molecule has 4 N–H and O–H groups in total. The number of imidazole rings is 1. The number of nitrogens with zero attached hydrogens (tertiary/aromatic N) is 4. The first-order chi connectivity index (χ1) is 22.0. The van der Waals surface area contributed by atoms with Crippen molar-refractivity contribution in [3.8, 4) is 0 Å². The lowest BCUT2D eigenvalue weighted by atomic mass is 10.3. The first-order valence-corrected chi connectivity index (χ1v) is 16.0. The number of carboxylic acid groups (broad SMARTS) is 2. The van der Waals surface area contributed by atoms with Crippen LogP contribution < -0.4 is 5.73 Å². The molecular formula is C26H36N5O14P. The van der Waals surface area contributed by atoms with Crippen LogP contribution >= 0.6 is 7.60 Å². The van der Waals surface area contributed by atoms with Crippen molar-refractivity contribution in [1.29, 1.82) is 0 Å². The van der Waals surface area contributed by atoms with Crippen LogP contribution in [0.1, 0.15) is 51.4 Å². The smallest absolute Gasteiger partial charge is 0.478 e. The van der Waals surface area contributed by atoms with Crippen molar-refractivity contribution in [3.05, 3.63) is 24.8 Å². The van der Waals surface area contributed by atoms with Gasteiger partial charge < -0.3 is 44.2 Å². The number of nitrogen functional groups attached to an aromatic ring is 1. The summed E-state index contributed by atoms with van der Waals surface area (Å²) in [6, 6.07) is 0. The maximum Gasteiger partial charge on any atom is 0.510 e. The average molecular weight is 674 g/mol. The highest BCUT2D eigenvalue weighted by Crippen LogP contribution is 2.48. The number of fused-ring (bicyclic) bond motifs is 1. The quantitative estimate of drug-likeness (QED) is 0.0803. The van der Waals surface area contributed by atoms with E-state index in [1.165, 1.54) is 12.7 Å². The second-order valence-electron chi connectivity index (χ2n) is 9.86. The Bertz CT molecular complexity index is 1330. The van der Waals surface area contributed by atoms with E-state index in [0.29, 0.717) is 29.9 Å². The summed E-state index contributed by atoms with van der Waals surface area (Å²) in [5.41, 5.74) is 6.76. The van der Waals surface area contributed by atoms with Crippen LogP contribution in [0.2, 0.25) is 0 Å². The van der Waals surface area contributed by atoms with Gasteiger partial charge in [0.25, 0.3) is 0 Å². The fourth-order valence-corrected chi connectivity index (χ4v) is 5.32. The van der Waals surface area contributed by atoms with Crippen molar-refractivity contribution in [2.75, 3.05) is 32.3 Å². The van der Waals surface area contributed by atoms with E-state index < -0.39 is 51.8 Å².